The van der Waals surface area contributed by atoms with Gasteiger partial charge in [0.15, 0.2) is 0 Å². The van der Waals surface area contributed by atoms with Crippen LogP contribution < -0.4 is 0 Å². The predicted molar refractivity (Wildman–Crippen MR) is 56.6 cm³/mol. The molecule has 0 aliphatic carbocycles. The number of halogens is 2. The van der Waals surface area contributed by atoms with Gasteiger partial charge in [0, 0.05) is 10.3 Å². The fraction of sp³-hybridized carbons (Fsp3) is 0. The van der Waals surface area contributed by atoms with Gasteiger partial charge in [0.25, 0.3) is 0 Å². The molecule has 0 unspecified atom stereocenters. The fourth-order valence-corrected chi connectivity index (χ4v) is 2.24. The Morgan fingerprint density at radius 3 is 2.38 bits per heavy atom. The number of carbonyl (C=O) groups is 1. The molecule has 1 aromatic heterocycles. The third-order valence-corrected chi connectivity index (χ3v) is 3.00. The number of thiophene rings is 1. The van der Waals surface area contributed by atoms with Crippen molar-refractivity contribution < 1.29 is 18.7 Å². The zero-order chi connectivity index (χ0) is 11.7. The van der Waals surface area contributed by atoms with Crippen LogP contribution in [0.3, 0.4) is 0 Å². The fourth-order valence-electron chi connectivity index (χ4n) is 1.31. The lowest BCUT2D eigenvalue weighted by Crippen LogP contribution is -1.92. The van der Waals surface area contributed by atoms with E-state index in [4.69, 9.17) is 5.11 Å². The second-order valence-corrected chi connectivity index (χ2v) is 4.01. The van der Waals surface area contributed by atoms with E-state index in [1.54, 1.807) is 0 Å². The van der Waals surface area contributed by atoms with Crippen LogP contribution in [0.15, 0.2) is 29.6 Å². The summed E-state index contributed by atoms with van der Waals surface area (Å²) in [5.41, 5.74) is -0.150. The standard InChI is InChI=1S/C11H6F2O2S/c12-7-2-1-3-8(13)10(7)9-4-6(5-16-9)11(14)15/h1-5H,(H,14,15). The first-order chi connectivity index (χ1) is 7.59. The lowest BCUT2D eigenvalue weighted by Gasteiger charge is -2.00. The summed E-state index contributed by atoms with van der Waals surface area (Å²) in [6.07, 6.45) is 0. The molecule has 2 rings (SSSR count). The maximum Gasteiger partial charge on any atom is 0.336 e. The van der Waals surface area contributed by atoms with Crippen molar-refractivity contribution >= 4 is 17.3 Å². The summed E-state index contributed by atoms with van der Waals surface area (Å²) < 4.78 is 26.7. The van der Waals surface area contributed by atoms with Crippen LogP contribution in [0, 0.1) is 11.6 Å². The van der Waals surface area contributed by atoms with E-state index in [0.29, 0.717) is 0 Å². The zero-order valence-corrected chi connectivity index (χ0v) is 8.72. The van der Waals surface area contributed by atoms with E-state index in [1.165, 1.54) is 17.5 Å². The summed E-state index contributed by atoms with van der Waals surface area (Å²) in [6, 6.07) is 4.80. The summed E-state index contributed by atoms with van der Waals surface area (Å²) >= 11 is 0.998. The molecule has 1 aromatic carbocycles. The van der Waals surface area contributed by atoms with Crippen molar-refractivity contribution in [2.45, 2.75) is 0 Å². The van der Waals surface area contributed by atoms with Gasteiger partial charge in [-0.25, -0.2) is 13.6 Å². The highest BCUT2D eigenvalue weighted by atomic mass is 32.1. The first kappa shape index (κ1) is 10.8. The number of carboxylic acids is 1. The van der Waals surface area contributed by atoms with E-state index in [9.17, 15) is 13.6 Å². The zero-order valence-electron chi connectivity index (χ0n) is 7.91. The van der Waals surface area contributed by atoms with Crippen LogP contribution >= 0.6 is 11.3 Å². The van der Waals surface area contributed by atoms with Crippen LogP contribution in [0.25, 0.3) is 10.4 Å². The van der Waals surface area contributed by atoms with Crippen molar-refractivity contribution in [3.05, 3.63) is 46.8 Å². The second kappa shape index (κ2) is 4.02. The van der Waals surface area contributed by atoms with Crippen molar-refractivity contribution in [3.8, 4) is 10.4 Å². The average Bonchev–Trinajstić information content (AvgIpc) is 2.66. The van der Waals surface area contributed by atoms with Gasteiger partial charge in [-0.15, -0.1) is 11.3 Å². The van der Waals surface area contributed by atoms with Gasteiger partial charge < -0.3 is 5.11 Å². The van der Waals surface area contributed by atoms with Crippen LogP contribution in [0.5, 0.6) is 0 Å². The Kier molecular flexibility index (Phi) is 2.70. The minimum Gasteiger partial charge on any atom is -0.478 e. The van der Waals surface area contributed by atoms with Gasteiger partial charge >= 0.3 is 5.97 Å². The molecule has 0 saturated heterocycles. The molecule has 1 heterocycles. The largest absolute Gasteiger partial charge is 0.478 e. The summed E-state index contributed by atoms with van der Waals surface area (Å²) in [7, 11) is 0. The number of aromatic carboxylic acids is 1. The number of carboxylic acid groups (broad SMARTS) is 1. The van der Waals surface area contributed by atoms with E-state index in [-0.39, 0.29) is 16.0 Å². The van der Waals surface area contributed by atoms with Gasteiger partial charge in [-0.05, 0) is 18.2 Å². The van der Waals surface area contributed by atoms with Crippen molar-refractivity contribution in [2.24, 2.45) is 0 Å². The lowest BCUT2D eigenvalue weighted by atomic mass is 10.1. The summed E-state index contributed by atoms with van der Waals surface area (Å²) in [5.74, 6) is -2.50. The Morgan fingerprint density at radius 2 is 1.88 bits per heavy atom. The van der Waals surface area contributed by atoms with Gasteiger partial charge in [0.05, 0.1) is 11.1 Å². The quantitative estimate of drug-likeness (QED) is 0.873. The molecule has 0 bridgehead atoms. The molecule has 0 spiro atoms. The molecular formula is C11H6F2O2S. The summed E-state index contributed by atoms with van der Waals surface area (Å²) in [6.45, 7) is 0. The van der Waals surface area contributed by atoms with E-state index in [2.05, 4.69) is 0 Å². The molecular weight excluding hydrogens is 234 g/mol. The third-order valence-electron chi connectivity index (χ3n) is 2.06. The molecule has 0 atom stereocenters. The summed E-state index contributed by atoms with van der Waals surface area (Å²) in [5, 5.41) is 10.1. The molecule has 1 N–H and O–H groups in total. The van der Waals surface area contributed by atoms with E-state index in [1.807, 2.05) is 0 Å². The van der Waals surface area contributed by atoms with Gasteiger partial charge in [-0.1, -0.05) is 6.07 Å². The highest BCUT2D eigenvalue weighted by molar-refractivity contribution is 7.13. The van der Waals surface area contributed by atoms with Gasteiger partial charge in [0.1, 0.15) is 11.6 Å². The molecule has 0 radical (unpaired) electrons. The molecule has 2 aromatic rings. The molecule has 0 fully saturated rings. The van der Waals surface area contributed by atoms with Crippen molar-refractivity contribution in [2.75, 3.05) is 0 Å². The first-order valence-electron chi connectivity index (χ1n) is 4.36. The van der Waals surface area contributed by atoms with Crippen molar-refractivity contribution in [1.82, 2.24) is 0 Å². The van der Waals surface area contributed by atoms with Crippen LogP contribution in [0.2, 0.25) is 0 Å². The monoisotopic (exact) mass is 240 g/mol. The Bertz CT molecular complexity index is 528. The van der Waals surface area contributed by atoms with Gasteiger partial charge in [-0.2, -0.15) is 0 Å². The number of rotatable bonds is 2. The van der Waals surface area contributed by atoms with E-state index >= 15 is 0 Å². The molecule has 82 valence electrons. The van der Waals surface area contributed by atoms with Crippen LogP contribution in [-0.2, 0) is 0 Å². The second-order valence-electron chi connectivity index (χ2n) is 3.10. The smallest absolute Gasteiger partial charge is 0.336 e. The maximum atomic E-state index is 13.4. The minimum absolute atomic E-state index is 0.0302. The Morgan fingerprint density at radius 1 is 1.25 bits per heavy atom. The van der Waals surface area contributed by atoms with Crippen LogP contribution in [0.1, 0.15) is 10.4 Å². The molecule has 0 saturated carbocycles. The number of benzene rings is 1. The van der Waals surface area contributed by atoms with Gasteiger partial charge in [-0.3, -0.25) is 0 Å². The Labute approximate surface area is 93.8 Å². The van der Waals surface area contributed by atoms with Crippen LogP contribution in [-0.4, -0.2) is 11.1 Å². The Balaban J connectivity index is 2.54. The van der Waals surface area contributed by atoms with Gasteiger partial charge in [0.2, 0.25) is 0 Å². The van der Waals surface area contributed by atoms with Crippen molar-refractivity contribution in [1.29, 1.82) is 0 Å². The molecule has 0 aliphatic heterocycles. The summed E-state index contributed by atoms with van der Waals surface area (Å²) in [4.78, 5) is 10.9. The molecule has 2 nitrogen and oxygen atoms in total. The van der Waals surface area contributed by atoms with E-state index < -0.39 is 17.6 Å². The topological polar surface area (TPSA) is 37.3 Å². The van der Waals surface area contributed by atoms with Crippen molar-refractivity contribution in [3.63, 3.8) is 0 Å². The Hall–Kier alpha value is -1.75. The molecule has 0 aliphatic rings. The van der Waals surface area contributed by atoms with E-state index in [0.717, 1.165) is 23.5 Å². The lowest BCUT2D eigenvalue weighted by molar-refractivity contribution is 0.0697. The molecule has 0 amide bonds. The highest BCUT2D eigenvalue weighted by Crippen LogP contribution is 2.31. The average molecular weight is 240 g/mol. The number of hydrogen-bond donors (Lipinski definition) is 1. The SMILES string of the molecule is O=C(O)c1csc(-c2c(F)cccc2F)c1. The molecule has 5 heteroatoms. The molecule has 16 heavy (non-hydrogen) atoms. The number of hydrogen-bond acceptors (Lipinski definition) is 2. The maximum absolute atomic E-state index is 13.4. The normalized spacial score (nSPS) is 10.4. The first-order valence-corrected chi connectivity index (χ1v) is 5.24. The third kappa shape index (κ3) is 1.81. The predicted octanol–water partition coefficient (Wildman–Crippen LogP) is 3.39. The highest BCUT2D eigenvalue weighted by Gasteiger charge is 2.14. The minimum atomic E-state index is -1.11. The van der Waals surface area contributed by atoms with Crippen LogP contribution in [0.4, 0.5) is 8.78 Å².